The van der Waals surface area contributed by atoms with Crippen LogP contribution >= 0.6 is 22.5 Å². The maximum atomic E-state index is 5.24. The third-order valence-corrected chi connectivity index (χ3v) is 2.29. The lowest BCUT2D eigenvalue weighted by molar-refractivity contribution is 0.499. The van der Waals surface area contributed by atoms with Gasteiger partial charge in [-0.2, -0.15) is 0 Å². The predicted octanol–water partition coefficient (Wildman–Crippen LogP) is 2.83. The number of thiol groups is 1. The molecule has 0 aromatic carbocycles. The highest BCUT2D eigenvalue weighted by Gasteiger charge is 2.01. The van der Waals surface area contributed by atoms with Gasteiger partial charge in [0.05, 0.1) is 4.90 Å². The van der Waals surface area contributed by atoms with Crippen molar-refractivity contribution in [3.05, 3.63) is 17.6 Å². The molecule has 0 aliphatic rings. The van der Waals surface area contributed by atoms with Gasteiger partial charge in [0.2, 0.25) is 0 Å². The third kappa shape index (κ3) is 1.46. The van der Waals surface area contributed by atoms with Crippen molar-refractivity contribution in [2.75, 3.05) is 0 Å². The first-order chi connectivity index (χ1) is 4.24. The maximum absolute atomic E-state index is 5.24. The van der Waals surface area contributed by atoms with Crippen LogP contribution in [-0.4, -0.2) is 0 Å². The summed E-state index contributed by atoms with van der Waals surface area (Å²) in [5.74, 6) is 1.90. The average molecular weight is 160 g/mol. The standard InChI is InChI=1S/C6H8OS2/c1-4-3-6(9-8)5(2)7-4/h3,8H,1-2H3. The Hall–Kier alpha value is -0.0200. The van der Waals surface area contributed by atoms with Crippen molar-refractivity contribution in [1.82, 2.24) is 0 Å². The molecule has 0 atom stereocenters. The molecule has 1 nitrogen and oxygen atoms in total. The minimum atomic E-state index is 0.948. The monoisotopic (exact) mass is 160 g/mol. The van der Waals surface area contributed by atoms with E-state index in [9.17, 15) is 0 Å². The normalized spacial score (nSPS) is 10.1. The molecule has 1 aromatic rings. The number of furan rings is 1. The van der Waals surface area contributed by atoms with Gasteiger partial charge in [0, 0.05) is 0 Å². The first-order valence-electron chi connectivity index (χ1n) is 2.62. The number of hydrogen-bond donors (Lipinski definition) is 1. The molecule has 1 heterocycles. The zero-order valence-corrected chi connectivity index (χ0v) is 7.05. The smallest absolute Gasteiger partial charge is 0.115 e. The Bertz CT molecular complexity index is 205. The summed E-state index contributed by atoms with van der Waals surface area (Å²) in [7, 11) is 1.42. The summed E-state index contributed by atoms with van der Waals surface area (Å²) in [6, 6.07) is 1.98. The summed E-state index contributed by atoms with van der Waals surface area (Å²) in [6.45, 7) is 3.87. The van der Waals surface area contributed by atoms with Crippen LogP contribution in [0.4, 0.5) is 0 Å². The molecule has 0 amide bonds. The fourth-order valence-corrected chi connectivity index (χ4v) is 1.63. The lowest BCUT2D eigenvalue weighted by atomic mass is 10.4. The van der Waals surface area contributed by atoms with Crippen LogP contribution in [0.3, 0.4) is 0 Å². The zero-order valence-electron chi connectivity index (χ0n) is 5.34. The van der Waals surface area contributed by atoms with E-state index in [4.69, 9.17) is 4.42 Å². The topological polar surface area (TPSA) is 13.1 Å². The van der Waals surface area contributed by atoms with Gasteiger partial charge in [-0.3, -0.25) is 0 Å². The first-order valence-corrected chi connectivity index (χ1v) is 4.49. The molecule has 0 unspecified atom stereocenters. The quantitative estimate of drug-likeness (QED) is 0.501. The van der Waals surface area contributed by atoms with Crippen molar-refractivity contribution in [3.8, 4) is 0 Å². The Labute approximate surface area is 63.6 Å². The van der Waals surface area contributed by atoms with Crippen LogP contribution in [-0.2, 0) is 0 Å². The predicted molar refractivity (Wildman–Crippen MR) is 43.0 cm³/mol. The molecule has 0 bridgehead atoms. The van der Waals surface area contributed by atoms with Crippen LogP contribution in [0.2, 0.25) is 0 Å². The highest BCUT2D eigenvalue weighted by atomic mass is 33.1. The number of rotatable bonds is 1. The van der Waals surface area contributed by atoms with Gasteiger partial charge in [-0.1, -0.05) is 10.8 Å². The fourth-order valence-electron chi connectivity index (χ4n) is 0.698. The van der Waals surface area contributed by atoms with Crippen LogP contribution in [0.25, 0.3) is 0 Å². The van der Waals surface area contributed by atoms with Gasteiger partial charge in [-0.05, 0) is 19.9 Å². The Morgan fingerprint density at radius 1 is 1.56 bits per heavy atom. The van der Waals surface area contributed by atoms with E-state index >= 15 is 0 Å². The zero-order chi connectivity index (χ0) is 6.85. The van der Waals surface area contributed by atoms with Gasteiger partial charge in [0.25, 0.3) is 0 Å². The van der Waals surface area contributed by atoms with Crippen molar-refractivity contribution in [2.45, 2.75) is 18.7 Å². The Morgan fingerprint density at radius 2 is 2.22 bits per heavy atom. The van der Waals surface area contributed by atoms with Crippen molar-refractivity contribution in [2.24, 2.45) is 0 Å². The first kappa shape index (κ1) is 7.09. The fraction of sp³-hybridized carbons (Fsp3) is 0.333. The van der Waals surface area contributed by atoms with Gasteiger partial charge in [-0.15, -0.1) is 11.7 Å². The number of hydrogen-bond acceptors (Lipinski definition) is 3. The van der Waals surface area contributed by atoms with Gasteiger partial charge in [0.15, 0.2) is 0 Å². The molecular formula is C6H8OS2. The van der Waals surface area contributed by atoms with E-state index in [0.717, 1.165) is 16.4 Å². The molecule has 50 valence electrons. The minimum Gasteiger partial charge on any atom is -0.465 e. The molecular weight excluding hydrogens is 152 g/mol. The second kappa shape index (κ2) is 2.71. The molecule has 0 aliphatic carbocycles. The lowest BCUT2D eigenvalue weighted by Crippen LogP contribution is -1.61. The van der Waals surface area contributed by atoms with Crippen LogP contribution in [0.1, 0.15) is 11.5 Å². The highest BCUT2D eigenvalue weighted by molar-refractivity contribution is 8.68. The Kier molecular flexibility index (Phi) is 2.13. The van der Waals surface area contributed by atoms with E-state index in [0.29, 0.717) is 0 Å². The van der Waals surface area contributed by atoms with Crippen molar-refractivity contribution >= 4 is 22.5 Å². The van der Waals surface area contributed by atoms with Crippen LogP contribution in [0.5, 0.6) is 0 Å². The summed E-state index contributed by atoms with van der Waals surface area (Å²) < 4.78 is 5.24. The Balaban J connectivity index is 3.01. The summed E-state index contributed by atoms with van der Waals surface area (Å²) >= 11 is 4.05. The highest BCUT2D eigenvalue weighted by Crippen LogP contribution is 2.27. The third-order valence-electron chi connectivity index (χ3n) is 1.09. The summed E-state index contributed by atoms with van der Waals surface area (Å²) in [5, 5.41) is 0. The van der Waals surface area contributed by atoms with Gasteiger partial charge in [0.1, 0.15) is 11.5 Å². The molecule has 0 saturated heterocycles. The molecule has 0 spiro atoms. The molecule has 0 aliphatic heterocycles. The second-order valence-electron chi connectivity index (χ2n) is 1.87. The SMILES string of the molecule is Cc1cc(SS)c(C)o1. The summed E-state index contributed by atoms with van der Waals surface area (Å²) in [4.78, 5) is 1.11. The molecule has 0 N–H and O–H groups in total. The number of aryl methyl sites for hydroxylation is 2. The summed E-state index contributed by atoms with van der Waals surface area (Å²) in [5.41, 5.74) is 0. The second-order valence-corrected chi connectivity index (χ2v) is 3.04. The molecule has 0 fully saturated rings. The average Bonchev–Trinajstić information content (AvgIpc) is 2.10. The lowest BCUT2D eigenvalue weighted by Gasteiger charge is -1.85. The molecule has 0 saturated carbocycles. The van der Waals surface area contributed by atoms with Gasteiger partial charge < -0.3 is 4.42 Å². The van der Waals surface area contributed by atoms with E-state index < -0.39 is 0 Å². The maximum Gasteiger partial charge on any atom is 0.115 e. The largest absolute Gasteiger partial charge is 0.465 e. The minimum absolute atomic E-state index is 0.948. The molecule has 1 aromatic heterocycles. The van der Waals surface area contributed by atoms with E-state index in [2.05, 4.69) is 11.7 Å². The molecule has 9 heavy (non-hydrogen) atoms. The van der Waals surface area contributed by atoms with Crippen LogP contribution < -0.4 is 0 Å². The van der Waals surface area contributed by atoms with E-state index in [1.165, 1.54) is 10.8 Å². The van der Waals surface area contributed by atoms with Gasteiger partial charge in [-0.25, -0.2) is 0 Å². The van der Waals surface area contributed by atoms with Crippen molar-refractivity contribution in [3.63, 3.8) is 0 Å². The van der Waals surface area contributed by atoms with Crippen molar-refractivity contribution in [1.29, 1.82) is 0 Å². The van der Waals surface area contributed by atoms with Crippen molar-refractivity contribution < 1.29 is 4.42 Å². The molecule has 3 heteroatoms. The van der Waals surface area contributed by atoms with E-state index in [1.54, 1.807) is 0 Å². The van der Waals surface area contributed by atoms with E-state index in [1.807, 2.05) is 19.9 Å². The Morgan fingerprint density at radius 3 is 2.44 bits per heavy atom. The van der Waals surface area contributed by atoms with E-state index in [-0.39, 0.29) is 0 Å². The van der Waals surface area contributed by atoms with Crippen LogP contribution in [0.15, 0.2) is 15.4 Å². The molecule has 1 rings (SSSR count). The molecule has 0 radical (unpaired) electrons. The van der Waals surface area contributed by atoms with Gasteiger partial charge >= 0.3 is 0 Å². The summed E-state index contributed by atoms with van der Waals surface area (Å²) in [6.07, 6.45) is 0. The van der Waals surface area contributed by atoms with Crippen LogP contribution in [0, 0.1) is 13.8 Å².